The molecule has 0 atom stereocenters. The number of rotatable bonds is 6. The Morgan fingerprint density at radius 3 is 2.53 bits per heavy atom. The van der Waals surface area contributed by atoms with Gasteiger partial charge >= 0.3 is 0 Å². The summed E-state index contributed by atoms with van der Waals surface area (Å²) in [7, 11) is 0. The van der Waals surface area contributed by atoms with Crippen molar-refractivity contribution in [3.8, 4) is 5.69 Å². The molecule has 154 valence electrons. The van der Waals surface area contributed by atoms with Crippen LogP contribution in [0.4, 0.5) is 10.2 Å². The van der Waals surface area contributed by atoms with Gasteiger partial charge in [0.2, 0.25) is 5.91 Å². The van der Waals surface area contributed by atoms with Crippen molar-refractivity contribution < 1.29 is 9.18 Å². The van der Waals surface area contributed by atoms with Gasteiger partial charge in [0, 0.05) is 13.1 Å². The minimum atomic E-state index is -0.322. The van der Waals surface area contributed by atoms with Gasteiger partial charge in [-0.1, -0.05) is 30.3 Å². The maximum absolute atomic E-state index is 13.0. The third-order valence-corrected chi connectivity index (χ3v) is 5.15. The van der Waals surface area contributed by atoms with E-state index in [0.717, 1.165) is 54.3 Å². The Morgan fingerprint density at radius 2 is 1.83 bits per heavy atom. The third-order valence-electron chi connectivity index (χ3n) is 5.15. The van der Waals surface area contributed by atoms with Crippen LogP contribution in [0.25, 0.3) is 5.69 Å². The summed E-state index contributed by atoms with van der Waals surface area (Å²) in [5.41, 5.74) is 6.03. The Bertz CT molecular complexity index is 1040. The molecule has 1 saturated heterocycles. The number of benzene rings is 2. The molecule has 1 aliphatic rings. The number of para-hydroxylation sites is 1. The lowest BCUT2D eigenvalue weighted by Gasteiger charge is -2.20. The smallest absolute Gasteiger partial charge is 0.244 e. The van der Waals surface area contributed by atoms with Gasteiger partial charge in [-0.2, -0.15) is 10.2 Å². The standard InChI is InChI=1S/C23H24FN5O/c1-17-21(16-25-26-22(30)15-18-9-11-19(24)12-10-18)23(28-13-5-6-14-28)29(27-17)20-7-3-2-4-8-20/h2-4,7-12,16H,5-6,13-15H2,1H3,(H,26,30). The molecule has 4 rings (SSSR count). The molecular weight excluding hydrogens is 381 g/mol. The third kappa shape index (κ3) is 4.40. The van der Waals surface area contributed by atoms with E-state index in [2.05, 4.69) is 15.4 Å². The Morgan fingerprint density at radius 1 is 1.13 bits per heavy atom. The normalized spacial score (nSPS) is 13.9. The van der Waals surface area contributed by atoms with Crippen molar-refractivity contribution in [1.82, 2.24) is 15.2 Å². The molecule has 2 aromatic carbocycles. The van der Waals surface area contributed by atoms with E-state index in [4.69, 9.17) is 5.10 Å². The number of amides is 1. The number of halogens is 1. The molecular formula is C23H24FN5O. The zero-order chi connectivity index (χ0) is 20.9. The Hall–Kier alpha value is -3.48. The van der Waals surface area contributed by atoms with Gasteiger partial charge in [0.05, 0.1) is 29.6 Å². The SMILES string of the molecule is Cc1nn(-c2ccccc2)c(N2CCCC2)c1C=NNC(=O)Cc1ccc(F)cc1. The zero-order valence-electron chi connectivity index (χ0n) is 16.9. The van der Waals surface area contributed by atoms with Crippen LogP contribution in [0.1, 0.15) is 29.7 Å². The fraction of sp³-hybridized carbons (Fsp3) is 0.261. The molecule has 0 aliphatic carbocycles. The molecule has 30 heavy (non-hydrogen) atoms. The first kappa shape index (κ1) is 19.8. The first-order valence-electron chi connectivity index (χ1n) is 10.1. The van der Waals surface area contributed by atoms with E-state index < -0.39 is 0 Å². The summed E-state index contributed by atoms with van der Waals surface area (Å²) < 4.78 is 15.0. The van der Waals surface area contributed by atoms with Gasteiger partial charge in [-0.25, -0.2) is 14.5 Å². The van der Waals surface area contributed by atoms with Gasteiger partial charge in [0.25, 0.3) is 0 Å². The van der Waals surface area contributed by atoms with Crippen LogP contribution in [0.2, 0.25) is 0 Å². The van der Waals surface area contributed by atoms with Gasteiger partial charge < -0.3 is 4.90 Å². The average molecular weight is 405 g/mol. The summed E-state index contributed by atoms with van der Waals surface area (Å²) in [5, 5.41) is 8.91. The number of nitrogens with one attached hydrogen (secondary N) is 1. The first-order chi connectivity index (χ1) is 14.6. The highest BCUT2D eigenvalue weighted by atomic mass is 19.1. The van der Waals surface area contributed by atoms with Crippen LogP contribution in [-0.2, 0) is 11.2 Å². The maximum Gasteiger partial charge on any atom is 0.244 e. The van der Waals surface area contributed by atoms with Gasteiger partial charge in [-0.15, -0.1) is 0 Å². The molecule has 1 amide bonds. The highest BCUT2D eigenvalue weighted by Gasteiger charge is 2.23. The molecule has 0 saturated carbocycles. The highest BCUT2D eigenvalue weighted by molar-refractivity contribution is 5.90. The van der Waals surface area contributed by atoms with Crippen LogP contribution >= 0.6 is 0 Å². The lowest BCUT2D eigenvalue weighted by molar-refractivity contribution is -0.120. The minimum Gasteiger partial charge on any atom is -0.356 e. The fourth-order valence-electron chi connectivity index (χ4n) is 3.66. The lowest BCUT2D eigenvalue weighted by atomic mass is 10.1. The largest absolute Gasteiger partial charge is 0.356 e. The number of anilines is 1. The summed E-state index contributed by atoms with van der Waals surface area (Å²) in [6.07, 6.45) is 4.09. The Balaban J connectivity index is 1.55. The second kappa shape index (κ2) is 8.90. The van der Waals surface area contributed by atoms with E-state index in [1.807, 2.05) is 41.9 Å². The Kier molecular flexibility index (Phi) is 5.88. The molecule has 7 heteroatoms. The molecule has 6 nitrogen and oxygen atoms in total. The highest BCUT2D eigenvalue weighted by Crippen LogP contribution is 2.28. The molecule has 3 aromatic rings. The molecule has 2 heterocycles. The molecule has 0 spiro atoms. The average Bonchev–Trinajstić information content (AvgIpc) is 3.39. The fourth-order valence-corrected chi connectivity index (χ4v) is 3.66. The van der Waals surface area contributed by atoms with Gasteiger partial charge in [-0.05, 0) is 49.6 Å². The van der Waals surface area contributed by atoms with Crippen LogP contribution in [0, 0.1) is 12.7 Å². The molecule has 1 aromatic heterocycles. The molecule has 0 bridgehead atoms. The van der Waals surface area contributed by atoms with Gasteiger partial charge in [0.15, 0.2) is 0 Å². The topological polar surface area (TPSA) is 62.5 Å². The van der Waals surface area contributed by atoms with Crippen molar-refractivity contribution in [3.05, 3.63) is 77.2 Å². The van der Waals surface area contributed by atoms with Crippen molar-refractivity contribution in [2.24, 2.45) is 5.10 Å². The number of hydrogen-bond acceptors (Lipinski definition) is 4. The molecule has 1 aliphatic heterocycles. The minimum absolute atomic E-state index is 0.138. The molecule has 1 fully saturated rings. The molecule has 0 radical (unpaired) electrons. The van der Waals surface area contributed by atoms with Gasteiger partial charge in [-0.3, -0.25) is 4.79 Å². The lowest BCUT2D eigenvalue weighted by Crippen LogP contribution is -2.23. The quantitative estimate of drug-likeness (QED) is 0.503. The predicted molar refractivity (Wildman–Crippen MR) is 116 cm³/mol. The van der Waals surface area contributed by atoms with Crippen molar-refractivity contribution in [1.29, 1.82) is 0 Å². The number of hydrazone groups is 1. The van der Waals surface area contributed by atoms with E-state index in [1.165, 1.54) is 12.1 Å². The summed E-state index contributed by atoms with van der Waals surface area (Å²) in [6, 6.07) is 15.9. The van der Waals surface area contributed by atoms with E-state index in [-0.39, 0.29) is 18.1 Å². The van der Waals surface area contributed by atoms with Crippen LogP contribution in [0.3, 0.4) is 0 Å². The molecule has 0 unspecified atom stereocenters. The number of aromatic nitrogens is 2. The Labute approximate surface area is 175 Å². The summed E-state index contributed by atoms with van der Waals surface area (Å²) in [4.78, 5) is 14.5. The van der Waals surface area contributed by atoms with E-state index >= 15 is 0 Å². The van der Waals surface area contributed by atoms with Crippen LogP contribution in [0.5, 0.6) is 0 Å². The van der Waals surface area contributed by atoms with Crippen molar-refractivity contribution in [2.45, 2.75) is 26.2 Å². The number of carbonyl (C=O) groups is 1. The summed E-state index contributed by atoms with van der Waals surface area (Å²) >= 11 is 0. The van der Waals surface area contributed by atoms with Crippen molar-refractivity contribution >= 4 is 17.9 Å². The second-order valence-electron chi connectivity index (χ2n) is 7.36. The summed E-state index contributed by atoms with van der Waals surface area (Å²) in [5.74, 6) is 0.416. The maximum atomic E-state index is 13.0. The van der Waals surface area contributed by atoms with Crippen molar-refractivity contribution in [2.75, 3.05) is 18.0 Å². The number of nitrogens with zero attached hydrogens (tertiary/aromatic N) is 4. The predicted octanol–water partition coefficient (Wildman–Crippen LogP) is 3.61. The number of hydrogen-bond donors (Lipinski definition) is 1. The van der Waals surface area contributed by atoms with Crippen molar-refractivity contribution in [3.63, 3.8) is 0 Å². The van der Waals surface area contributed by atoms with Crippen LogP contribution < -0.4 is 10.3 Å². The monoisotopic (exact) mass is 405 g/mol. The molecule has 1 N–H and O–H groups in total. The van der Waals surface area contributed by atoms with Gasteiger partial charge in [0.1, 0.15) is 11.6 Å². The first-order valence-corrected chi connectivity index (χ1v) is 10.1. The number of carbonyl (C=O) groups excluding carboxylic acids is 1. The van der Waals surface area contributed by atoms with Crippen LogP contribution in [0.15, 0.2) is 59.7 Å². The zero-order valence-corrected chi connectivity index (χ0v) is 16.9. The van der Waals surface area contributed by atoms with Crippen LogP contribution in [-0.4, -0.2) is 35.0 Å². The van der Waals surface area contributed by atoms with E-state index in [1.54, 1.807) is 18.3 Å². The number of aryl methyl sites for hydroxylation is 1. The second-order valence-corrected chi connectivity index (χ2v) is 7.36. The van der Waals surface area contributed by atoms with E-state index in [0.29, 0.717) is 0 Å². The summed E-state index contributed by atoms with van der Waals surface area (Å²) in [6.45, 7) is 3.88. The van der Waals surface area contributed by atoms with E-state index in [9.17, 15) is 9.18 Å².